The number of benzene rings is 2. The van der Waals surface area contributed by atoms with Crippen LogP contribution >= 0.6 is 23.2 Å². The van der Waals surface area contributed by atoms with Gasteiger partial charge in [-0.3, -0.25) is 0 Å². The zero-order valence-electron chi connectivity index (χ0n) is 10.9. The Morgan fingerprint density at radius 1 is 1.00 bits per heavy atom. The predicted octanol–water partition coefficient (Wildman–Crippen LogP) is 4.54. The van der Waals surface area contributed by atoms with Crippen molar-refractivity contribution in [1.82, 2.24) is 9.97 Å². The molecule has 21 heavy (non-hydrogen) atoms. The maximum Gasteiger partial charge on any atom is 0.161 e. The molecule has 0 spiro atoms. The number of ether oxygens (including phenoxy) is 1. The van der Waals surface area contributed by atoms with Gasteiger partial charge in [0.25, 0.3) is 0 Å². The summed E-state index contributed by atoms with van der Waals surface area (Å²) in [4.78, 5) is 8.97. The highest BCUT2D eigenvalue weighted by Gasteiger charge is 2.15. The minimum absolute atomic E-state index is 0.434. The highest BCUT2D eigenvalue weighted by molar-refractivity contribution is 6.35. The molecule has 2 heterocycles. The Hall–Kier alpha value is -1.84. The quantitative estimate of drug-likeness (QED) is 0.618. The van der Waals surface area contributed by atoms with Gasteiger partial charge in [0.15, 0.2) is 5.82 Å². The third-order valence-corrected chi connectivity index (χ3v) is 4.08. The molecule has 4 rings (SSSR count). The molecular weight excluding hydrogens is 307 g/mol. The minimum Gasteiger partial charge on any atom is -0.493 e. The lowest BCUT2D eigenvalue weighted by atomic mass is 10.1. The third kappa shape index (κ3) is 2.23. The predicted molar refractivity (Wildman–Crippen MR) is 84.2 cm³/mol. The molecule has 0 unspecified atom stereocenters. The monoisotopic (exact) mass is 316 g/mol. The number of halogens is 2. The van der Waals surface area contributed by atoms with Crippen molar-refractivity contribution >= 4 is 34.1 Å². The number of hydrogen-bond acceptors (Lipinski definition) is 3. The van der Waals surface area contributed by atoms with Crippen molar-refractivity contribution in [3.05, 3.63) is 52.1 Å². The Balaban J connectivity index is 1.90. The zero-order chi connectivity index (χ0) is 14.4. The highest BCUT2D eigenvalue weighted by atomic mass is 35.5. The van der Waals surface area contributed by atoms with E-state index in [1.807, 2.05) is 18.2 Å². The highest BCUT2D eigenvalue weighted by Crippen LogP contribution is 2.31. The van der Waals surface area contributed by atoms with Crippen LogP contribution in [-0.2, 0) is 6.42 Å². The van der Waals surface area contributed by atoms with Crippen LogP contribution in [0.5, 0.6) is 5.75 Å². The minimum atomic E-state index is 0.434. The van der Waals surface area contributed by atoms with E-state index in [4.69, 9.17) is 27.9 Å². The van der Waals surface area contributed by atoms with Gasteiger partial charge >= 0.3 is 0 Å². The van der Waals surface area contributed by atoms with E-state index in [9.17, 15) is 0 Å². The van der Waals surface area contributed by atoms with E-state index >= 15 is 0 Å². The average Bonchev–Trinajstić information content (AvgIpc) is 2.94. The molecular formula is C16H10Cl2N2O. The summed E-state index contributed by atoms with van der Waals surface area (Å²) in [6, 6.07) is 11.4. The first-order valence-corrected chi connectivity index (χ1v) is 7.35. The zero-order valence-corrected chi connectivity index (χ0v) is 12.4. The molecule has 0 atom stereocenters. The van der Waals surface area contributed by atoms with Crippen LogP contribution in [0.3, 0.4) is 0 Å². The molecule has 0 amide bonds. The summed E-state index contributed by atoms with van der Waals surface area (Å²) in [5.74, 6) is 1.54. The molecule has 1 aromatic heterocycles. The summed E-state index contributed by atoms with van der Waals surface area (Å²) in [6.45, 7) is 0.730. The summed E-state index contributed by atoms with van der Waals surface area (Å²) in [5, 5.41) is 1.86. The molecule has 104 valence electrons. The number of hydrogen-bond donors (Lipinski definition) is 0. The van der Waals surface area contributed by atoms with Crippen LogP contribution in [0, 0.1) is 0 Å². The van der Waals surface area contributed by atoms with Gasteiger partial charge in [0.2, 0.25) is 0 Å². The van der Waals surface area contributed by atoms with E-state index in [0.717, 1.165) is 35.2 Å². The molecule has 0 saturated carbocycles. The molecule has 0 bridgehead atoms. The van der Waals surface area contributed by atoms with Crippen molar-refractivity contribution < 1.29 is 4.74 Å². The second kappa shape index (κ2) is 4.86. The topological polar surface area (TPSA) is 35.0 Å². The Kier molecular flexibility index (Phi) is 2.98. The SMILES string of the molecule is Clc1ccc2c(Cl)nc(-c3ccc4c(c3)CCO4)nc2c1. The van der Waals surface area contributed by atoms with E-state index in [1.54, 1.807) is 12.1 Å². The molecule has 1 aliphatic rings. The fourth-order valence-electron chi connectivity index (χ4n) is 2.52. The molecule has 0 saturated heterocycles. The van der Waals surface area contributed by atoms with Gasteiger partial charge in [-0.2, -0.15) is 0 Å². The Labute approximate surface area is 131 Å². The summed E-state index contributed by atoms with van der Waals surface area (Å²) in [5.41, 5.74) is 2.86. The van der Waals surface area contributed by atoms with Gasteiger partial charge in [0.05, 0.1) is 12.1 Å². The fourth-order valence-corrected chi connectivity index (χ4v) is 2.93. The van der Waals surface area contributed by atoms with E-state index in [1.165, 1.54) is 5.56 Å². The first-order chi connectivity index (χ1) is 10.2. The Bertz CT molecular complexity index is 864. The van der Waals surface area contributed by atoms with Crippen molar-refractivity contribution in [2.24, 2.45) is 0 Å². The number of rotatable bonds is 1. The van der Waals surface area contributed by atoms with Gasteiger partial charge in [0.1, 0.15) is 10.9 Å². The van der Waals surface area contributed by atoms with Crippen molar-refractivity contribution in [3.63, 3.8) is 0 Å². The van der Waals surface area contributed by atoms with Crippen LogP contribution in [0.25, 0.3) is 22.3 Å². The lowest BCUT2D eigenvalue weighted by Crippen LogP contribution is -1.92. The second-order valence-electron chi connectivity index (χ2n) is 4.92. The standard InChI is InChI=1S/C16H10Cl2N2O/c17-11-2-3-12-13(8-11)19-16(20-15(12)18)10-1-4-14-9(7-10)5-6-21-14/h1-4,7-8H,5-6H2. The van der Waals surface area contributed by atoms with Crippen LogP contribution in [0.15, 0.2) is 36.4 Å². The molecule has 2 aromatic carbocycles. The van der Waals surface area contributed by atoms with E-state index in [-0.39, 0.29) is 0 Å². The van der Waals surface area contributed by atoms with Crippen molar-refractivity contribution in [3.8, 4) is 17.1 Å². The van der Waals surface area contributed by atoms with Gasteiger partial charge in [-0.1, -0.05) is 23.2 Å². The van der Waals surface area contributed by atoms with E-state index < -0.39 is 0 Å². The number of fused-ring (bicyclic) bond motifs is 2. The van der Waals surface area contributed by atoms with Crippen molar-refractivity contribution in [2.45, 2.75) is 6.42 Å². The molecule has 3 aromatic rings. The summed E-state index contributed by atoms with van der Waals surface area (Å²) >= 11 is 12.3. The molecule has 5 heteroatoms. The summed E-state index contributed by atoms with van der Waals surface area (Å²) in [6.07, 6.45) is 0.913. The number of aromatic nitrogens is 2. The van der Waals surface area contributed by atoms with Gasteiger partial charge in [0, 0.05) is 22.4 Å². The summed E-state index contributed by atoms with van der Waals surface area (Å²) < 4.78 is 5.51. The number of nitrogens with zero attached hydrogens (tertiary/aromatic N) is 2. The van der Waals surface area contributed by atoms with Crippen LogP contribution in [-0.4, -0.2) is 16.6 Å². The van der Waals surface area contributed by atoms with Gasteiger partial charge in [-0.15, -0.1) is 0 Å². The van der Waals surface area contributed by atoms with Crippen LogP contribution < -0.4 is 4.74 Å². The molecule has 1 aliphatic heterocycles. The first-order valence-electron chi connectivity index (χ1n) is 6.59. The third-order valence-electron chi connectivity index (χ3n) is 3.56. The van der Waals surface area contributed by atoms with Crippen LogP contribution in [0.2, 0.25) is 10.2 Å². The maximum absolute atomic E-state index is 6.26. The van der Waals surface area contributed by atoms with Gasteiger partial charge in [-0.05, 0) is 42.0 Å². The normalized spacial score (nSPS) is 13.2. The van der Waals surface area contributed by atoms with E-state index in [2.05, 4.69) is 16.0 Å². The van der Waals surface area contributed by atoms with Crippen LogP contribution in [0.1, 0.15) is 5.56 Å². The molecule has 0 aliphatic carbocycles. The first kappa shape index (κ1) is 12.9. The largest absolute Gasteiger partial charge is 0.493 e. The lowest BCUT2D eigenvalue weighted by molar-refractivity contribution is 0.357. The maximum atomic E-state index is 6.26. The van der Waals surface area contributed by atoms with Crippen molar-refractivity contribution in [1.29, 1.82) is 0 Å². The average molecular weight is 317 g/mol. The molecule has 3 nitrogen and oxygen atoms in total. The van der Waals surface area contributed by atoms with Crippen LogP contribution in [0.4, 0.5) is 0 Å². The van der Waals surface area contributed by atoms with Gasteiger partial charge in [-0.25, -0.2) is 9.97 Å². The summed E-state index contributed by atoms with van der Waals surface area (Å²) in [7, 11) is 0. The Morgan fingerprint density at radius 3 is 2.81 bits per heavy atom. The smallest absolute Gasteiger partial charge is 0.161 e. The Morgan fingerprint density at radius 2 is 1.90 bits per heavy atom. The fraction of sp³-hybridized carbons (Fsp3) is 0.125. The molecule has 0 fully saturated rings. The lowest BCUT2D eigenvalue weighted by Gasteiger charge is -2.06. The molecule has 0 N–H and O–H groups in total. The van der Waals surface area contributed by atoms with Gasteiger partial charge < -0.3 is 4.74 Å². The molecule has 0 radical (unpaired) electrons. The second-order valence-corrected chi connectivity index (χ2v) is 5.71. The van der Waals surface area contributed by atoms with Crippen molar-refractivity contribution in [2.75, 3.05) is 6.61 Å². The van der Waals surface area contributed by atoms with E-state index in [0.29, 0.717) is 16.0 Å².